The van der Waals surface area contributed by atoms with Gasteiger partial charge >= 0.3 is 0 Å². The molecule has 92 valence electrons. The van der Waals surface area contributed by atoms with Crippen molar-refractivity contribution in [3.05, 3.63) is 29.6 Å². The molecule has 3 nitrogen and oxygen atoms in total. The van der Waals surface area contributed by atoms with Crippen molar-refractivity contribution in [1.29, 1.82) is 0 Å². The van der Waals surface area contributed by atoms with Gasteiger partial charge in [-0.25, -0.2) is 0 Å². The van der Waals surface area contributed by atoms with Gasteiger partial charge in [-0.3, -0.25) is 9.78 Å². The fraction of sp³-hybridized carbons (Fsp3) is 0.538. The highest BCUT2D eigenvalue weighted by molar-refractivity contribution is 6.21. The molecular weight excluding hydrogens is 236 g/mol. The van der Waals surface area contributed by atoms with Gasteiger partial charge in [0.05, 0.1) is 5.56 Å². The van der Waals surface area contributed by atoms with Crippen LogP contribution in [0.3, 0.4) is 0 Å². The van der Waals surface area contributed by atoms with Gasteiger partial charge in [0.15, 0.2) is 0 Å². The summed E-state index contributed by atoms with van der Waals surface area (Å²) in [4.78, 5) is 18.1. The first-order valence-corrected chi connectivity index (χ1v) is 6.32. The van der Waals surface area contributed by atoms with Crippen LogP contribution in [0.2, 0.25) is 0 Å². The Labute approximate surface area is 107 Å². The smallest absolute Gasteiger partial charge is 0.255 e. The SMILES string of the molecule is Cc1ncccc1C(=O)N(C)CC1CC(Cl)C1. The van der Waals surface area contributed by atoms with E-state index in [2.05, 4.69) is 4.98 Å². The molecule has 1 saturated carbocycles. The minimum absolute atomic E-state index is 0.0497. The third-order valence-corrected chi connectivity index (χ3v) is 3.65. The number of rotatable bonds is 3. The molecule has 0 unspecified atom stereocenters. The van der Waals surface area contributed by atoms with Crippen LogP contribution in [0, 0.1) is 12.8 Å². The Bertz CT molecular complexity index is 416. The van der Waals surface area contributed by atoms with Crippen LogP contribution in [-0.4, -0.2) is 34.8 Å². The van der Waals surface area contributed by atoms with Gasteiger partial charge < -0.3 is 4.90 Å². The van der Waals surface area contributed by atoms with Crippen molar-refractivity contribution >= 4 is 17.5 Å². The van der Waals surface area contributed by atoms with E-state index < -0.39 is 0 Å². The Balaban J connectivity index is 1.97. The monoisotopic (exact) mass is 252 g/mol. The van der Waals surface area contributed by atoms with Gasteiger partial charge in [-0.2, -0.15) is 0 Å². The number of nitrogens with zero attached hydrogens (tertiary/aromatic N) is 2. The second kappa shape index (κ2) is 5.05. The van der Waals surface area contributed by atoms with E-state index in [1.165, 1.54) is 0 Å². The number of amides is 1. The summed E-state index contributed by atoms with van der Waals surface area (Å²) in [6.07, 6.45) is 3.74. The van der Waals surface area contributed by atoms with Gasteiger partial charge in [0.2, 0.25) is 0 Å². The number of aryl methyl sites for hydroxylation is 1. The highest BCUT2D eigenvalue weighted by atomic mass is 35.5. The molecule has 1 fully saturated rings. The van der Waals surface area contributed by atoms with Crippen LogP contribution >= 0.6 is 11.6 Å². The van der Waals surface area contributed by atoms with Gasteiger partial charge in [-0.1, -0.05) is 0 Å². The Morgan fingerprint density at radius 1 is 1.59 bits per heavy atom. The molecule has 0 radical (unpaired) electrons. The number of carbonyl (C=O) groups is 1. The molecule has 1 aromatic heterocycles. The zero-order valence-corrected chi connectivity index (χ0v) is 10.9. The molecule has 0 saturated heterocycles. The second-order valence-electron chi connectivity index (χ2n) is 4.76. The van der Waals surface area contributed by atoms with Crippen LogP contribution < -0.4 is 0 Å². The van der Waals surface area contributed by atoms with E-state index in [1.807, 2.05) is 20.0 Å². The topological polar surface area (TPSA) is 33.2 Å². The predicted molar refractivity (Wildman–Crippen MR) is 68.3 cm³/mol. The summed E-state index contributed by atoms with van der Waals surface area (Å²) in [7, 11) is 1.84. The maximum atomic E-state index is 12.2. The van der Waals surface area contributed by atoms with Crippen molar-refractivity contribution in [2.45, 2.75) is 25.1 Å². The first-order valence-electron chi connectivity index (χ1n) is 5.89. The first kappa shape index (κ1) is 12.4. The van der Waals surface area contributed by atoms with Crippen molar-refractivity contribution in [1.82, 2.24) is 9.88 Å². The third kappa shape index (κ3) is 2.78. The molecule has 0 aromatic carbocycles. The van der Waals surface area contributed by atoms with Crippen molar-refractivity contribution in [2.24, 2.45) is 5.92 Å². The molecule has 1 aromatic rings. The van der Waals surface area contributed by atoms with E-state index in [0.717, 1.165) is 25.1 Å². The van der Waals surface area contributed by atoms with Crippen LogP contribution in [0.25, 0.3) is 0 Å². The average molecular weight is 253 g/mol. The summed E-state index contributed by atoms with van der Waals surface area (Å²) in [5.41, 5.74) is 1.48. The van der Waals surface area contributed by atoms with Gasteiger partial charge in [-0.15, -0.1) is 11.6 Å². The van der Waals surface area contributed by atoms with Gasteiger partial charge in [0, 0.05) is 30.9 Å². The Kier molecular flexibility index (Phi) is 3.67. The molecule has 17 heavy (non-hydrogen) atoms. The molecular formula is C13H17ClN2O. The average Bonchev–Trinajstić information content (AvgIpc) is 2.26. The van der Waals surface area contributed by atoms with Crippen molar-refractivity contribution in [2.75, 3.05) is 13.6 Å². The van der Waals surface area contributed by atoms with Crippen LogP contribution in [-0.2, 0) is 0 Å². The lowest BCUT2D eigenvalue weighted by atomic mass is 9.84. The molecule has 0 spiro atoms. The largest absolute Gasteiger partial charge is 0.341 e. The highest BCUT2D eigenvalue weighted by Gasteiger charge is 2.29. The van der Waals surface area contributed by atoms with E-state index in [1.54, 1.807) is 17.2 Å². The number of pyridine rings is 1. The predicted octanol–water partition coefficient (Wildman–Crippen LogP) is 2.48. The molecule has 0 aliphatic heterocycles. The number of hydrogen-bond acceptors (Lipinski definition) is 2. The van der Waals surface area contributed by atoms with Crippen molar-refractivity contribution in [3.8, 4) is 0 Å². The fourth-order valence-corrected chi connectivity index (χ4v) is 2.69. The van der Waals surface area contributed by atoms with Crippen LogP contribution in [0.1, 0.15) is 28.9 Å². The summed E-state index contributed by atoms with van der Waals surface area (Å²) < 4.78 is 0. The van der Waals surface area contributed by atoms with Gasteiger partial charge in [-0.05, 0) is 37.8 Å². The molecule has 1 heterocycles. The maximum absolute atomic E-state index is 12.2. The van der Waals surface area contributed by atoms with E-state index >= 15 is 0 Å². The zero-order valence-electron chi connectivity index (χ0n) is 10.2. The summed E-state index contributed by atoms with van der Waals surface area (Å²) in [6.45, 7) is 2.65. The Morgan fingerprint density at radius 2 is 2.29 bits per heavy atom. The van der Waals surface area contributed by atoms with Gasteiger partial charge in [0.1, 0.15) is 0 Å². The van der Waals surface area contributed by atoms with Crippen molar-refractivity contribution < 1.29 is 4.79 Å². The van der Waals surface area contributed by atoms with E-state index in [0.29, 0.717) is 16.9 Å². The first-order chi connectivity index (χ1) is 8.08. The second-order valence-corrected chi connectivity index (χ2v) is 5.37. The summed E-state index contributed by atoms with van der Waals surface area (Å²) in [6, 6.07) is 3.62. The quantitative estimate of drug-likeness (QED) is 0.775. The lowest BCUT2D eigenvalue weighted by Crippen LogP contribution is -2.38. The maximum Gasteiger partial charge on any atom is 0.255 e. The molecule has 2 rings (SSSR count). The Morgan fingerprint density at radius 3 is 2.88 bits per heavy atom. The summed E-state index contributed by atoms with van der Waals surface area (Å²) in [5, 5.41) is 0.309. The lowest BCUT2D eigenvalue weighted by molar-refractivity contribution is 0.0745. The minimum Gasteiger partial charge on any atom is -0.341 e. The molecule has 4 heteroatoms. The van der Waals surface area contributed by atoms with Crippen molar-refractivity contribution in [3.63, 3.8) is 0 Å². The number of hydrogen-bond donors (Lipinski definition) is 0. The third-order valence-electron chi connectivity index (χ3n) is 3.29. The standard InChI is InChI=1S/C13H17ClN2O/c1-9-12(4-3-5-15-9)13(17)16(2)8-10-6-11(14)7-10/h3-5,10-11H,6-8H2,1-2H3. The number of aromatic nitrogens is 1. The summed E-state index contributed by atoms with van der Waals surface area (Å²) in [5.74, 6) is 0.608. The molecule has 0 atom stereocenters. The highest BCUT2D eigenvalue weighted by Crippen LogP contribution is 2.32. The lowest BCUT2D eigenvalue weighted by Gasteiger charge is -2.34. The molecule has 1 amide bonds. The normalized spacial score (nSPS) is 23.0. The van der Waals surface area contributed by atoms with Gasteiger partial charge in [0.25, 0.3) is 5.91 Å². The fourth-order valence-electron chi connectivity index (χ4n) is 2.19. The van der Waals surface area contributed by atoms with Crippen LogP contribution in [0.4, 0.5) is 0 Å². The summed E-state index contributed by atoms with van der Waals surface area (Å²) >= 11 is 5.94. The Hall–Kier alpha value is -1.09. The molecule has 1 aliphatic rings. The van der Waals surface area contributed by atoms with E-state index in [-0.39, 0.29) is 5.91 Å². The van der Waals surface area contributed by atoms with E-state index in [9.17, 15) is 4.79 Å². The van der Waals surface area contributed by atoms with E-state index in [4.69, 9.17) is 11.6 Å². The van der Waals surface area contributed by atoms with Crippen LogP contribution in [0.15, 0.2) is 18.3 Å². The zero-order chi connectivity index (χ0) is 12.4. The number of halogens is 1. The number of carbonyl (C=O) groups excluding carboxylic acids is 1. The molecule has 1 aliphatic carbocycles. The van der Waals surface area contributed by atoms with Crippen LogP contribution in [0.5, 0.6) is 0 Å². The molecule has 0 N–H and O–H groups in total. The number of alkyl halides is 1. The minimum atomic E-state index is 0.0497. The molecule has 0 bridgehead atoms.